The minimum atomic E-state index is -4.50. The fourth-order valence-corrected chi connectivity index (χ4v) is 7.18. The maximum Gasteiger partial charge on any atom is 0.425 e. The number of aliphatic hydroxyl groups excluding tert-OH is 2. The summed E-state index contributed by atoms with van der Waals surface area (Å²) in [7, 11) is 0. The minimum absolute atomic E-state index is 0.00341. The van der Waals surface area contributed by atoms with Crippen LogP contribution in [0.1, 0.15) is 52.6 Å². The van der Waals surface area contributed by atoms with E-state index < -0.39 is 35.0 Å². The lowest BCUT2D eigenvalue weighted by atomic mass is 9.81. The molecule has 200 valence electrons. The van der Waals surface area contributed by atoms with Gasteiger partial charge in [0.25, 0.3) is 0 Å². The average molecular weight is 532 g/mol. The van der Waals surface area contributed by atoms with E-state index >= 15 is 0 Å². The highest BCUT2D eigenvalue weighted by Gasteiger charge is 2.48. The van der Waals surface area contributed by atoms with Gasteiger partial charge in [-0.25, -0.2) is 0 Å². The summed E-state index contributed by atoms with van der Waals surface area (Å²) >= 11 is 0.730. The summed E-state index contributed by atoms with van der Waals surface area (Å²) in [6.45, 7) is 3.69. The molecule has 4 atom stereocenters. The Hall–Kier alpha value is -1.54. The van der Waals surface area contributed by atoms with Crippen molar-refractivity contribution in [2.45, 2.75) is 81.8 Å². The lowest BCUT2D eigenvalue weighted by Crippen LogP contribution is -2.50. The molecule has 2 aromatic rings. The Labute approximate surface area is 211 Å². The first kappa shape index (κ1) is 26.1. The van der Waals surface area contributed by atoms with Gasteiger partial charge in [-0.2, -0.15) is 18.3 Å². The molecule has 36 heavy (non-hydrogen) atoms. The summed E-state index contributed by atoms with van der Waals surface area (Å²) < 4.78 is 54.0. The molecule has 5 heterocycles. The van der Waals surface area contributed by atoms with Crippen molar-refractivity contribution in [2.24, 2.45) is 0 Å². The van der Waals surface area contributed by atoms with Gasteiger partial charge in [-0.05, 0) is 31.7 Å². The number of aromatic nitrogens is 2. The summed E-state index contributed by atoms with van der Waals surface area (Å²) in [4.78, 5) is 2.16. The molecule has 3 aliphatic heterocycles. The topological polar surface area (TPSA) is 100 Å². The second kappa shape index (κ2) is 9.64. The number of ether oxygens (including phenoxy) is 2. The standard InChI is InChI=1S/C24H32F3N3O5S/c1-15-8-23(20-17(2-6-35-23)18(13-31)21(36-20)24(25,26)27)3-5-29(15)10-16-9-28-30(11-16)12-19(32)22(33)4-7-34-14-22/h9,11,15,19,31-33H,2-8,10,12-14H2,1H3/t15-,19?,22?,23+/m0/s1. The van der Waals surface area contributed by atoms with Crippen LogP contribution in [0.5, 0.6) is 0 Å². The second-order valence-electron chi connectivity index (χ2n) is 10.2. The van der Waals surface area contributed by atoms with Gasteiger partial charge in [0.1, 0.15) is 22.2 Å². The van der Waals surface area contributed by atoms with Crippen molar-refractivity contribution >= 4 is 11.3 Å². The highest BCUT2D eigenvalue weighted by Crippen LogP contribution is 2.51. The van der Waals surface area contributed by atoms with Gasteiger partial charge in [0.05, 0.1) is 32.6 Å². The van der Waals surface area contributed by atoms with Crippen LogP contribution in [0.2, 0.25) is 0 Å². The molecule has 2 saturated heterocycles. The molecular weight excluding hydrogens is 499 g/mol. The second-order valence-corrected chi connectivity index (χ2v) is 11.3. The number of alkyl halides is 3. The molecule has 2 aromatic heterocycles. The molecular formula is C24H32F3N3O5S. The smallest absolute Gasteiger partial charge is 0.392 e. The van der Waals surface area contributed by atoms with Gasteiger partial charge in [0.15, 0.2) is 0 Å². The summed E-state index contributed by atoms with van der Waals surface area (Å²) in [5, 5.41) is 35.0. The molecule has 0 aromatic carbocycles. The quantitative estimate of drug-likeness (QED) is 0.527. The normalized spacial score (nSPS) is 30.1. The zero-order valence-electron chi connectivity index (χ0n) is 20.1. The van der Waals surface area contributed by atoms with Gasteiger partial charge >= 0.3 is 6.18 Å². The summed E-state index contributed by atoms with van der Waals surface area (Å²) in [6, 6.07) is 0.0454. The number of thiophene rings is 1. The van der Waals surface area contributed by atoms with Gasteiger partial charge in [-0.1, -0.05) is 0 Å². The van der Waals surface area contributed by atoms with Crippen molar-refractivity contribution in [3.05, 3.63) is 38.8 Å². The number of aliphatic hydroxyl groups is 3. The Morgan fingerprint density at radius 3 is 2.78 bits per heavy atom. The predicted octanol–water partition coefficient (Wildman–Crippen LogP) is 2.42. The number of nitrogens with zero attached hydrogens (tertiary/aromatic N) is 3. The molecule has 3 N–H and O–H groups in total. The molecule has 2 fully saturated rings. The summed E-state index contributed by atoms with van der Waals surface area (Å²) in [6.07, 6.45) is -0.0296. The third-order valence-electron chi connectivity index (χ3n) is 7.81. The van der Waals surface area contributed by atoms with Gasteiger partial charge < -0.3 is 24.8 Å². The first-order valence-electron chi connectivity index (χ1n) is 12.3. The molecule has 0 aliphatic carbocycles. The maximum atomic E-state index is 13.7. The van der Waals surface area contributed by atoms with Crippen LogP contribution in [0.3, 0.4) is 0 Å². The number of fused-ring (bicyclic) bond motifs is 2. The maximum absolute atomic E-state index is 13.7. The molecule has 0 saturated carbocycles. The van der Waals surface area contributed by atoms with Crippen molar-refractivity contribution in [1.82, 2.24) is 14.7 Å². The van der Waals surface area contributed by atoms with Gasteiger partial charge in [0, 0.05) is 54.4 Å². The number of hydrogen-bond donors (Lipinski definition) is 3. The molecule has 0 radical (unpaired) electrons. The molecule has 1 spiro atoms. The molecule has 3 aliphatic rings. The Bertz CT molecular complexity index is 1080. The first-order chi connectivity index (χ1) is 17.0. The van der Waals surface area contributed by atoms with E-state index in [0.29, 0.717) is 62.4 Å². The van der Waals surface area contributed by atoms with Gasteiger partial charge in [-0.3, -0.25) is 9.58 Å². The van der Waals surface area contributed by atoms with Crippen LogP contribution in [0, 0.1) is 0 Å². The monoisotopic (exact) mass is 531 g/mol. The van der Waals surface area contributed by atoms with Crippen LogP contribution in [0.25, 0.3) is 0 Å². The van der Waals surface area contributed by atoms with Gasteiger partial charge in [0.2, 0.25) is 0 Å². The number of piperidine rings is 1. The third-order valence-corrected chi connectivity index (χ3v) is 9.32. The molecule has 5 rings (SSSR count). The Kier molecular flexibility index (Phi) is 6.99. The van der Waals surface area contributed by atoms with E-state index in [1.165, 1.54) is 0 Å². The van der Waals surface area contributed by atoms with E-state index in [4.69, 9.17) is 9.47 Å². The van der Waals surface area contributed by atoms with E-state index in [1.54, 1.807) is 10.9 Å². The van der Waals surface area contributed by atoms with Crippen molar-refractivity contribution in [3.63, 3.8) is 0 Å². The van der Waals surface area contributed by atoms with Crippen LogP contribution >= 0.6 is 11.3 Å². The van der Waals surface area contributed by atoms with Crippen molar-refractivity contribution in [1.29, 1.82) is 0 Å². The SMILES string of the molecule is C[C@H]1C[C@@]2(CCN1Cc1cnn(CC(O)C3(O)CCOC3)c1)OCCc1c2sc(C(F)(F)F)c1CO. The Morgan fingerprint density at radius 1 is 1.31 bits per heavy atom. The molecule has 0 bridgehead atoms. The van der Waals surface area contributed by atoms with E-state index in [0.717, 1.165) is 16.9 Å². The van der Waals surface area contributed by atoms with Crippen LogP contribution in [0.4, 0.5) is 13.2 Å². The summed E-state index contributed by atoms with van der Waals surface area (Å²) in [5.41, 5.74) is -0.471. The van der Waals surface area contributed by atoms with E-state index in [1.807, 2.05) is 13.1 Å². The number of hydrogen-bond acceptors (Lipinski definition) is 8. The number of halogens is 3. The largest absolute Gasteiger partial charge is 0.425 e. The fourth-order valence-electron chi connectivity index (χ4n) is 5.77. The Morgan fingerprint density at radius 2 is 2.11 bits per heavy atom. The van der Waals surface area contributed by atoms with Gasteiger partial charge in [-0.15, -0.1) is 11.3 Å². The van der Waals surface area contributed by atoms with Crippen LogP contribution < -0.4 is 0 Å². The zero-order chi connectivity index (χ0) is 25.7. The predicted molar refractivity (Wildman–Crippen MR) is 124 cm³/mol. The zero-order valence-corrected chi connectivity index (χ0v) is 20.9. The molecule has 8 nitrogen and oxygen atoms in total. The molecule has 0 amide bonds. The Balaban J connectivity index is 1.27. The van der Waals surface area contributed by atoms with E-state index in [-0.39, 0.29) is 24.8 Å². The van der Waals surface area contributed by atoms with Crippen molar-refractivity contribution in [3.8, 4) is 0 Å². The fraction of sp³-hybridized carbons (Fsp3) is 0.708. The average Bonchev–Trinajstić information content (AvgIpc) is 3.55. The third kappa shape index (κ3) is 4.72. The highest BCUT2D eigenvalue weighted by atomic mass is 32.1. The number of likely N-dealkylation sites (tertiary alicyclic amines) is 1. The molecule has 12 heteroatoms. The van der Waals surface area contributed by atoms with Crippen molar-refractivity contribution < 1.29 is 38.0 Å². The van der Waals surface area contributed by atoms with E-state index in [2.05, 4.69) is 10.00 Å². The van der Waals surface area contributed by atoms with Crippen LogP contribution in [-0.4, -0.2) is 74.1 Å². The van der Waals surface area contributed by atoms with Crippen LogP contribution in [0.15, 0.2) is 12.4 Å². The van der Waals surface area contributed by atoms with E-state index in [9.17, 15) is 28.5 Å². The highest BCUT2D eigenvalue weighted by molar-refractivity contribution is 7.12. The lowest BCUT2D eigenvalue weighted by molar-refractivity contribution is -0.135. The summed E-state index contributed by atoms with van der Waals surface area (Å²) in [5.74, 6) is 0. The van der Waals surface area contributed by atoms with Crippen LogP contribution in [-0.2, 0) is 47.4 Å². The lowest BCUT2D eigenvalue weighted by Gasteiger charge is -2.47. The molecule has 2 unspecified atom stereocenters. The first-order valence-corrected chi connectivity index (χ1v) is 13.1. The minimum Gasteiger partial charge on any atom is -0.392 e. The number of rotatable bonds is 6. The van der Waals surface area contributed by atoms with Crippen molar-refractivity contribution in [2.75, 3.05) is 26.4 Å².